The van der Waals surface area contributed by atoms with E-state index in [1.165, 1.54) is 19.2 Å². The van der Waals surface area contributed by atoms with Gasteiger partial charge in [0.25, 0.3) is 5.91 Å². The Bertz CT molecular complexity index is 1840. The molecule has 5 N–H and O–H groups in total. The van der Waals surface area contributed by atoms with Crippen molar-refractivity contribution in [3.05, 3.63) is 86.7 Å². The molecule has 2 amide bonds. The summed E-state index contributed by atoms with van der Waals surface area (Å²) in [4.78, 5) is 37.7. The smallest absolute Gasteiger partial charge is 0.404 e. The lowest BCUT2D eigenvalue weighted by atomic mass is 9.89. The number of rotatable bonds is 7. The van der Waals surface area contributed by atoms with Gasteiger partial charge >= 0.3 is 11.7 Å². The van der Waals surface area contributed by atoms with Crippen molar-refractivity contribution in [1.29, 1.82) is 0 Å². The quantitative estimate of drug-likeness (QED) is 0.197. The highest BCUT2D eigenvalue weighted by Crippen LogP contribution is 2.38. The fourth-order valence-electron chi connectivity index (χ4n) is 5.37. The van der Waals surface area contributed by atoms with Crippen LogP contribution in [0.2, 0.25) is 0 Å². The molecule has 2 heterocycles. The van der Waals surface area contributed by atoms with Crippen LogP contribution in [0.3, 0.4) is 0 Å². The maximum atomic E-state index is 13.2. The van der Waals surface area contributed by atoms with Crippen LogP contribution < -0.4 is 21.4 Å². The van der Waals surface area contributed by atoms with Crippen LogP contribution in [-0.4, -0.2) is 59.5 Å². The van der Waals surface area contributed by atoms with Crippen LogP contribution in [0.4, 0.5) is 10.5 Å². The first-order valence-corrected chi connectivity index (χ1v) is 14.6. The number of hydrogen-bond donors (Lipinski definition) is 4. The molecule has 1 aliphatic rings. The zero-order valence-electron chi connectivity index (χ0n) is 24.7. The first-order chi connectivity index (χ1) is 21.3. The molecule has 0 aliphatic carbocycles. The van der Waals surface area contributed by atoms with Crippen molar-refractivity contribution < 1.29 is 43.2 Å². The van der Waals surface area contributed by atoms with Crippen molar-refractivity contribution in [3.63, 3.8) is 0 Å². The van der Waals surface area contributed by atoms with E-state index in [2.05, 4.69) is 21.2 Å². The molecule has 0 saturated carbocycles. The molecule has 4 aromatic rings. The Kier molecular flexibility index (Phi) is 8.90. The molecule has 236 valence electrons. The third-order valence-corrected chi connectivity index (χ3v) is 8.03. The minimum atomic E-state index is -1.51. The minimum Gasteiger partial charge on any atom is -0.505 e. The zero-order valence-corrected chi connectivity index (χ0v) is 26.3. The topological polar surface area (TPSA) is 180 Å². The largest absolute Gasteiger partial charge is 0.505 e. The SMILES string of the molecule is COC1C(OC(N)=O)C(O)C(Oc2ccc3c(O)c(NC(=O)c4cccc(-c5cccc(Br)c5)c4)c(=O)oc3c2C)OC1(C)C. The van der Waals surface area contributed by atoms with Gasteiger partial charge in [-0.15, -0.1) is 0 Å². The highest BCUT2D eigenvalue weighted by molar-refractivity contribution is 9.10. The highest BCUT2D eigenvalue weighted by Gasteiger charge is 2.53. The molecule has 13 heteroatoms. The Morgan fingerprint density at radius 3 is 2.42 bits per heavy atom. The van der Waals surface area contributed by atoms with Crippen LogP contribution in [0.5, 0.6) is 11.5 Å². The molecule has 12 nitrogen and oxygen atoms in total. The van der Waals surface area contributed by atoms with Gasteiger partial charge in [-0.2, -0.15) is 0 Å². The van der Waals surface area contributed by atoms with Crippen molar-refractivity contribution in [3.8, 4) is 22.6 Å². The molecule has 4 unspecified atom stereocenters. The Morgan fingerprint density at radius 2 is 1.76 bits per heavy atom. The third kappa shape index (κ3) is 6.38. The van der Waals surface area contributed by atoms with E-state index in [9.17, 15) is 24.6 Å². The summed E-state index contributed by atoms with van der Waals surface area (Å²) in [5.74, 6) is -0.987. The average molecular weight is 684 g/mol. The Balaban J connectivity index is 1.42. The van der Waals surface area contributed by atoms with E-state index in [4.69, 9.17) is 29.1 Å². The van der Waals surface area contributed by atoms with Gasteiger partial charge < -0.3 is 44.6 Å². The number of ether oxygens (including phenoxy) is 4. The molecule has 5 rings (SSSR count). The van der Waals surface area contributed by atoms with Crippen LogP contribution in [0.1, 0.15) is 29.8 Å². The number of anilines is 1. The van der Waals surface area contributed by atoms with Gasteiger partial charge in [-0.05, 0) is 68.3 Å². The second-order valence-electron chi connectivity index (χ2n) is 11.0. The summed E-state index contributed by atoms with van der Waals surface area (Å²) in [6.07, 6.45) is -6.06. The summed E-state index contributed by atoms with van der Waals surface area (Å²) in [7, 11) is 1.38. The van der Waals surface area contributed by atoms with Gasteiger partial charge in [0.1, 0.15) is 17.4 Å². The van der Waals surface area contributed by atoms with Crippen LogP contribution >= 0.6 is 15.9 Å². The molecule has 4 atom stereocenters. The number of aromatic hydroxyl groups is 1. The lowest BCUT2D eigenvalue weighted by Crippen LogP contribution is -2.65. The van der Waals surface area contributed by atoms with Crippen molar-refractivity contribution in [2.75, 3.05) is 12.4 Å². The number of halogens is 1. The van der Waals surface area contributed by atoms with Gasteiger partial charge in [0.05, 0.1) is 11.0 Å². The number of methoxy groups -OCH3 is 1. The summed E-state index contributed by atoms with van der Waals surface area (Å²) in [6.45, 7) is 4.90. The third-order valence-electron chi connectivity index (χ3n) is 7.54. The number of carbonyl (C=O) groups excluding carboxylic acids is 2. The minimum absolute atomic E-state index is 0.0195. The number of aliphatic hydroxyl groups excluding tert-OH is 1. The number of nitrogens with two attached hydrogens (primary N) is 1. The number of hydrogen-bond acceptors (Lipinski definition) is 10. The van der Waals surface area contributed by atoms with Crippen molar-refractivity contribution in [2.24, 2.45) is 5.73 Å². The number of benzene rings is 3. The Labute approximate surface area is 265 Å². The molecule has 3 aromatic carbocycles. The zero-order chi connectivity index (χ0) is 32.6. The molecule has 0 spiro atoms. The van der Waals surface area contributed by atoms with E-state index in [0.29, 0.717) is 0 Å². The number of aliphatic hydroxyl groups is 1. The number of fused-ring (bicyclic) bond motifs is 1. The maximum Gasteiger partial charge on any atom is 0.404 e. The molecular weight excluding hydrogens is 652 g/mol. The summed E-state index contributed by atoms with van der Waals surface area (Å²) in [6, 6.07) is 17.3. The molecule has 0 bridgehead atoms. The monoisotopic (exact) mass is 682 g/mol. The summed E-state index contributed by atoms with van der Waals surface area (Å²) < 4.78 is 28.9. The summed E-state index contributed by atoms with van der Waals surface area (Å²) in [5.41, 5.74) is 4.88. The van der Waals surface area contributed by atoms with Gasteiger partial charge in [0.2, 0.25) is 6.29 Å². The lowest BCUT2D eigenvalue weighted by Gasteiger charge is -2.47. The molecule has 1 aliphatic heterocycles. The highest BCUT2D eigenvalue weighted by atomic mass is 79.9. The van der Waals surface area contributed by atoms with E-state index in [1.54, 1.807) is 39.0 Å². The van der Waals surface area contributed by atoms with Crippen molar-refractivity contribution in [1.82, 2.24) is 0 Å². The van der Waals surface area contributed by atoms with Gasteiger partial charge in [-0.3, -0.25) is 4.79 Å². The predicted molar refractivity (Wildman–Crippen MR) is 167 cm³/mol. The first kappa shape index (κ1) is 32.0. The normalized spacial score (nSPS) is 20.8. The van der Waals surface area contributed by atoms with Crippen molar-refractivity contribution >= 4 is 44.6 Å². The summed E-state index contributed by atoms with van der Waals surface area (Å²) >= 11 is 3.44. The van der Waals surface area contributed by atoms with Crippen LogP contribution in [-0.2, 0) is 14.2 Å². The molecule has 1 aromatic heterocycles. The van der Waals surface area contributed by atoms with E-state index in [0.717, 1.165) is 15.6 Å². The maximum absolute atomic E-state index is 13.2. The standard InChI is InChI=1S/C32H31BrN2O10/c1-15-21(42-30-24(37)26(44-31(34)40)27(41-4)32(2,3)45-30)12-11-20-23(36)22(29(39)43-25(15)20)35-28(38)18-9-5-7-16(13-18)17-8-6-10-19(33)14-17/h5-14,24,26-27,30,36-37H,1-4H3,(H2,34,40)(H,35,38). The van der Waals surface area contributed by atoms with E-state index >= 15 is 0 Å². The second-order valence-corrected chi connectivity index (χ2v) is 11.9. The van der Waals surface area contributed by atoms with Crippen LogP contribution in [0.25, 0.3) is 22.1 Å². The van der Waals surface area contributed by atoms with E-state index in [1.807, 2.05) is 30.3 Å². The van der Waals surface area contributed by atoms with Gasteiger partial charge in [0, 0.05) is 22.7 Å². The molecule has 45 heavy (non-hydrogen) atoms. The first-order valence-electron chi connectivity index (χ1n) is 13.8. The number of nitrogens with one attached hydrogen (secondary N) is 1. The van der Waals surface area contributed by atoms with Gasteiger partial charge in [-0.25, -0.2) is 9.59 Å². The Hall–Kier alpha value is -4.43. The molecule has 1 saturated heterocycles. The number of amides is 2. The van der Waals surface area contributed by atoms with Crippen molar-refractivity contribution in [2.45, 2.75) is 51.0 Å². The number of carbonyl (C=O) groups is 2. The van der Waals surface area contributed by atoms with Crippen LogP contribution in [0, 0.1) is 6.92 Å². The van der Waals surface area contributed by atoms with Gasteiger partial charge in [-0.1, -0.05) is 40.2 Å². The van der Waals surface area contributed by atoms with Crippen LogP contribution in [0.15, 0.2) is 74.3 Å². The Morgan fingerprint density at radius 1 is 1.07 bits per heavy atom. The van der Waals surface area contributed by atoms with E-state index in [-0.39, 0.29) is 27.8 Å². The average Bonchev–Trinajstić information content (AvgIpc) is 2.99. The van der Waals surface area contributed by atoms with Gasteiger partial charge in [0.15, 0.2) is 23.6 Å². The lowest BCUT2D eigenvalue weighted by molar-refractivity contribution is -0.304. The molecule has 1 fully saturated rings. The fraction of sp³-hybridized carbons (Fsp3) is 0.281. The summed E-state index contributed by atoms with van der Waals surface area (Å²) in [5, 5.41) is 24.6. The molecule has 0 radical (unpaired) electrons. The second kappa shape index (κ2) is 12.5. The fourth-order valence-corrected chi connectivity index (χ4v) is 5.77. The molecular formula is C32H31BrN2O10. The van der Waals surface area contributed by atoms with E-state index < -0.39 is 59.3 Å². The number of primary amides is 1. The number of aryl methyl sites for hydroxylation is 1. The predicted octanol–water partition coefficient (Wildman–Crippen LogP) is 4.84.